The number of aryl methyl sites for hydroxylation is 1. The van der Waals surface area contributed by atoms with E-state index in [2.05, 4.69) is 41.8 Å². The van der Waals surface area contributed by atoms with Gasteiger partial charge in [0.15, 0.2) is 0 Å². The average molecular weight is 261 g/mol. The lowest BCUT2D eigenvalue weighted by Gasteiger charge is -2.36. The van der Waals surface area contributed by atoms with E-state index in [0.717, 1.165) is 31.9 Å². The summed E-state index contributed by atoms with van der Waals surface area (Å²) >= 11 is 0. The van der Waals surface area contributed by atoms with Crippen LogP contribution in [0.3, 0.4) is 0 Å². The first-order valence-electron chi connectivity index (χ1n) is 7.54. The van der Waals surface area contributed by atoms with Crippen molar-refractivity contribution >= 4 is 11.4 Å². The maximum atomic E-state index is 6.13. The number of nitrogen functional groups attached to an aromatic ring is 1. The average Bonchev–Trinajstić information content (AvgIpc) is 2.40. The molecule has 1 aliphatic heterocycles. The van der Waals surface area contributed by atoms with E-state index < -0.39 is 0 Å². The molecular formula is C16H27N3. The lowest BCUT2D eigenvalue weighted by atomic mass is 10.1. The zero-order chi connectivity index (χ0) is 13.7. The van der Waals surface area contributed by atoms with Crippen molar-refractivity contribution in [1.82, 2.24) is 4.90 Å². The number of anilines is 2. The minimum atomic E-state index is 0.916. The molecule has 1 heterocycles. The van der Waals surface area contributed by atoms with Crippen molar-refractivity contribution in [3.05, 3.63) is 23.8 Å². The molecule has 3 nitrogen and oxygen atoms in total. The van der Waals surface area contributed by atoms with E-state index >= 15 is 0 Å². The highest BCUT2D eigenvalue weighted by Crippen LogP contribution is 2.25. The number of piperazine rings is 1. The summed E-state index contributed by atoms with van der Waals surface area (Å²) in [5.74, 6) is 0. The Morgan fingerprint density at radius 1 is 1.11 bits per heavy atom. The van der Waals surface area contributed by atoms with E-state index in [9.17, 15) is 0 Å². The summed E-state index contributed by atoms with van der Waals surface area (Å²) in [7, 11) is 0. The molecule has 1 aliphatic rings. The highest BCUT2D eigenvalue weighted by Gasteiger charge is 2.18. The van der Waals surface area contributed by atoms with Gasteiger partial charge in [0, 0.05) is 26.2 Å². The van der Waals surface area contributed by atoms with Gasteiger partial charge in [0.05, 0.1) is 11.4 Å². The van der Waals surface area contributed by atoms with Gasteiger partial charge in [-0.05, 0) is 37.6 Å². The monoisotopic (exact) mass is 261 g/mol. The van der Waals surface area contributed by atoms with Crippen LogP contribution in [0.15, 0.2) is 18.2 Å². The van der Waals surface area contributed by atoms with Crippen LogP contribution in [0.4, 0.5) is 11.4 Å². The molecule has 3 heteroatoms. The largest absolute Gasteiger partial charge is 0.397 e. The van der Waals surface area contributed by atoms with Crippen LogP contribution in [0.1, 0.15) is 31.7 Å². The Balaban J connectivity index is 1.85. The Hall–Kier alpha value is -1.22. The molecule has 0 amide bonds. The second kappa shape index (κ2) is 6.80. The molecule has 19 heavy (non-hydrogen) atoms. The van der Waals surface area contributed by atoms with E-state index in [0.29, 0.717) is 0 Å². The molecule has 0 unspecified atom stereocenters. The van der Waals surface area contributed by atoms with Gasteiger partial charge in [-0.1, -0.05) is 25.8 Å². The van der Waals surface area contributed by atoms with Crippen molar-refractivity contribution in [3.8, 4) is 0 Å². The topological polar surface area (TPSA) is 32.5 Å². The minimum absolute atomic E-state index is 0.916. The molecule has 1 aromatic carbocycles. The Kier molecular flexibility index (Phi) is 5.08. The van der Waals surface area contributed by atoms with Gasteiger partial charge in [0.1, 0.15) is 0 Å². The quantitative estimate of drug-likeness (QED) is 0.653. The summed E-state index contributed by atoms with van der Waals surface area (Å²) in [5.41, 5.74) is 9.49. The molecule has 0 atom stereocenters. The predicted octanol–water partition coefficient (Wildman–Crippen LogP) is 2.89. The molecule has 0 bridgehead atoms. The zero-order valence-electron chi connectivity index (χ0n) is 12.4. The molecule has 106 valence electrons. The van der Waals surface area contributed by atoms with Crippen LogP contribution in [-0.2, 0) is 0 Å². The van der Waals surface area contributed by atoms with Gasteiger partial charge in [-0.2, -0.15) is 0 Å². The molecule has 1 aromatic rings. The number of rotatable bonds is 5. The first kappa shape index (κ1) is 14.2. The fourth-order valence-electron chi connectivity index (χ4n) is 2.76. The SMILES string of the molecule is CCCCCN1CCN(c2ccc(C)cc2N)CC1. The van der Waals surface area contributed by atoms with E-state index in [4.69, 9.17) is 5.73 Å². The van der Waals surface area contributed by atoms with Gasteiger partial charge in [-0.3, -0.25) is 4.90 Å². The molecule has 0 saturated carbocycles. The predicted molar refractivity (Wildman–Crippen MR) is 83.8 cm³/mol. The van der Waals surface area contributed by atoms with Gasteiger partial charge in [-0.25, -0.2) is 0 Å². The molecule has 2 N–H and O–H groups in total. The Labute approximate surface area is 117 Å². The smallest absolute Gasteiger partial charge is 0.0601 e. The van der Waals surface area contributed by atoms with Gasteiger partial charge < -0.3 is 10.6 Å². The fraction of sp³-hybridized carbons (Fsp3) is 0.625. The number of hydrogen-bond donors (Lipinski definition) is 1. The Morgan fingerprint density at radius 3 is 2.47 bits per heavy atom. The summed E-state index contributed by atoms with van der Waals surface area (Å²) in [6, 6.07) is 6.39. The van der Waals surface area contributed by atoms with E-state index in [1.54, 1.807) is 0 Å². The minimum Gasteiger partial charge on any atom is -0.397 e. The van der Waals surface area contributed by atoms with Crippen molar-refractivity contribution in [2.24, 2.45) is 0 Å². The van der Waals surface area contributed by atoms with Crippen molar-refractivity contribution in [2.75, 3.05) is 43.4 Å². The first-order chi connectivity index (χ1) is 9.20. The number of nitrogens with zero attached hydrogens (tertiary/aromatic N) is 2. The van der Waals surface area contributed by atoms with Crippen LogP contribution in [-0.4, -0.2) is 37.6 Å². The lowest BCUT2D eigenvalue weighted by Crippen LogP contribution is -2.46. The summed E-state index contributed by atoms with van der Waals surface area (Å²) in [6.45, 7) is 10.1. The van der Waals surface area contributed by atoms with E-state index in [-0.39, 0.29) is 0 Å². The molecule has 0 aliphatic carbocycles. The second-order valence-corrected chi connectivity index (χ2v) is 5.60. The van der Waals surface area contributed by atoms with Gasteiger partial charge in [0.25, 0.3) is 0 Å². The van der Waals surface area contributed by atoms with Crippen molar-refractivity contribution < 1.29 is 0 Å². The standard InChI is InChI=1S/C16H27N3/c1-3-4-5-8-18-9-11-19(12-10-18)16-7-6-14(2)13-15(16)17/h6-7,13H,3-5,8-12,17H2,1-2H3. The third-order valence-electron chi connectivity index (χ3n) is 3.97. The molecular weight excluding hydrogens is 234 g/mol. The summed E-state index contributed by atoms with van der Waals surface area (Å²) in [4.78, 5) is 5.00. The molecule has 1 saturated heterocycles. The number of hydrogen-bond acceptors (Lipinski definition) is 3. The van der Waals surface area contributed by atoms with Crippen LogP contribution in [0, 0.1) is 6.92 Å². The third-order valence-corrected chi connectivity index (χ3v) is 3.97. The molecule has 2 rings (SSSR count). The molecule has 0 aromatic heterocycles. The van der Waals surface area contributed by atoms with Gasteiger partial charge >= 0.3 is 0 Å². The molecule has 0 radical (unpaired) electrons. The molecule has 1 fully saturated rings. The van der Waals surface area contributed by atoms with Crippen molar-refractivity contribution in [3.63, 3.8) is 0 Å². The Bertz CT molecular complexity index is 395. The lowest BCUT2D eigenvalue weighted by molar-refractivity contribution is 0.253. The third kappa shape index (κ3) is 3.87. The van der Waals surface area contributed by atoms with Crippen LogP contribution in [0.25, 0.3) is 0 Å². The second-order valence-electron chi connectivity index (χ2n) is 5.60. The first-order valence-corrected chi connectivity index (χ1v) is 7.54. The van der Waals surface area contributed by atoms with E-state index in [1.807, 2.05) is 0 Å². The van der Waals surface area contributed by atoms with Crippen molar-refractivity contribution in [1.29, 1.82) is 0 Å². The van der Waals surface area contributed by atoms with Gasteiger partial charge in [0.2, 0.25) is 0 Å². The van der Waals surface area contributed by atoms with Crippen molar-refractivity contribution in [2.45, 2.75) is 33.1 Å². The number of benzene rings is 1. The molecule has 0 spiro atoms. The highest BCUT2D eigenvalue weighted by molar-refractivity contribution is 5.68. The van der Waals surface area contributed by atoms with Gasteiger partial charge in [-0.15, -0.1) is 0 Å². The van der Waals surface area contributed by atoms with Crippen LogP contribution < -0.4 is 10.6 Å². The summed E-state index contributed by atoms with van der Waals surface area (Å²) < 4.78 is 0. The number of nitrogens with two attached hydrogens (primary N) is 1. The fourth-order valence-corrected chi connectivity index (χ4v) is 2.76. The summed E-state index contributed by atoms with van der Waals surface area (Å²) in [6.07, 6.45) is 3.99. The van der Waals surface area contributed by atoms with Crippen LogP contribution in [0.2, 0.25) is 0 Å². The summed E-state index contributed by atoms with van der Waals surface area (Å²) in [5, 5.41) is 0. The zero-order valence-corrected chi connectivity index (χ0v) is 12.4. The van der Waals surface area contributed by atoms with E-state index in [1.165, 1.54) is 37.1 Å². The van der Waals surface area contributed by atoms with Crippen LogP contribution >= 0.6 is 0 Å². The number of unbranched alkanes of at least 4 members (excludes halogenated alkanes) is 2. The van der Waals surface area contributed by atoms with Crippen LogP contribution in [0.5, 0.6) is 0 Å². The maximum Gasteiger partial charge on any atom is 0.0601 e. The highest BCUT2D eigenvalue weighted by atomic mass is 15.3. The Morgan fingerprint density at radius 2 is 1.84 bits per heavy atom. The maximum absolute atomic E-state index is 6.13. The normalized spacial score (nSPS) is 16.8.